The minimum atomic E-state index is -2.54. The van der Waals surface area contributed by atoms with Crippen molar-refractivity contribution in [3.05, 3.63) is 0 Å². The molecule has 1 aliphatic heterocycles. The predicted octanol–water partition coefficient (Wildman–Crippen LogP) is 7.45. The van der Waals surface area contributed by atoms with Crippen molar-refractivity contribution in [2.75, 3.05) is 13.9 Å². The number of rotatable bonds is 18. The Kier molecular flexibility index (Phi) is 15.6. The van der Waals surface area contributed by atoms with E-state index in [1.807, 2.05) is 0 Å². The third-order valence-corrected chi connectivity index (χ3v) is 23.9. The normalized spacial score (nSPS) is 22.8. The topological polar surface area (TPSA) is 36.9 Å². The third kappa shape index (κ3) is 8.79. The number of unbranched alkanes of at least 4 members (excludes halogenated alkanes) is 6. The van der Waals surface area contributed by atoms with Crippen molar-refractivity contribution in [1.82, 2.24) is 0 Å². The Morgan fingerprint density at radius 2 is 1.29 bits per heavy atom. The fourth-order valence-electron chi connectivity index (χ4n) is 4.83. The van der Waals surface area contributed by atoms with E-state index in [-0.39, 0.29) is 12.4 Å². The van der Waals surface area contributed by atoms with Crippen LogP contribution in [0.4, 0.5) is 0 Å². The van der Waals surface area contributed by atoms with Crippen LogP contribution >= 0.6 is 0 Å². The number of methoxy groups -OCH3 is 1. The van der Waals surface area contributed by atoms with E-state index in [0.717, 1.165) is 6.42 Å². The molecule has 3 atom stereocenters. The van der Waals surface area contributed by atoms with Crippen LogP contribution in [0.5, 0.6) is 0 Å². The van der Waals surface area contributed by atoms with Gasteiger partial charge in [0.05, 0.1) is 0 Å². The molecule has 0 aromatic heterocycles. The van der Waals surface area contributed by atoms with Gasteiger partial charge in [0, 0.05) is 0 Å². The first-order valence-electron chi connectivity index (χ1n) is 12.1. The number of ether oxygens (including phenoxy) is 2. The van der Waals surface area contributed by atoms with Gasteiger partial charge in [0.15, 0.2) is 0 Å². The minimum absolute atomic E-state index is 0.211. The molecule has 0 N–H and O–H groups in total. The SMILES string of the molecule is CCCCCC[C@H]1OO[C@@H](OCOC)[C@@H]1[Sn]([CH2]CCC)([CH2]CCC)[CH2]CCC. The van der Waals surface area contributed by atoms with E-state index in [1.165, 1.54) is 77.5 Å². The van der Waals surface area contributed by atoms with Gasteiger partial charge in [-0.1, -0.05) is 0 Å². The molecule has 0 aliphatic carbocycles. The van der Waals surface area contributed by atoms with Gasteiger partial charge >= 0.3 is 179 Å². The zero-order chi connectivity index (χ0) is 20.7. The first-order chi connectivity index (χ1) is 13.7. The summed E-state index contributed by atoms with van der Waals surface area (Å²) < 4.78 is 16.2. The van der Waals surface area contributed by atoms with Gasteiger partial charge in [0.2, 0.25) is 0 Å². The van der Waals surface area contributed by atoms with Crippen LogP contribution in [0.1, 0.15) is 98.3 Å². The van der Waals surface area contributed by atoms with E-state index in [1.54, 1.807) is 7.11 Å². The summed E-state index contributed by atoms with van der Waals surface area (Å²) in [6, 6.07) is 0. The van der Waals surface area contributed by atoms with Gasteiger partial charge in [-0.15, -0.1) is 0 Å². The zero-order valence-corrected chi connectivity index (χ0v) is 22.3. The molecule has 0 unspecified atom stereocenters. The van der Waals surface area contributed by atoms with Gasteiger partial charge in [-0.2, -0.15) is 0 Å². The van der Waals surface area contributed by atoms with Crippen LogP contribution in [0.25, 0.3) is 0 Å². The van der Waals surface area contributed by atoms with Crippen LogP contribution in [-0.2, 0) is 19.2 Å². The molecule has 28 heavy (non-hydrogen) atoms. The number of hydrogen-bond acceptors (Lipinski definition) is 4. The summed E-state index contributed by atoms with van der Waals surface area (Å²) in [7, 11) is 1.69. The van der Waals surface area contributed by atoms with Crippen LogP contribution in [0.3, 0.4) is 0 Å². The van der Waals surface area contributed by atoms with E-state index in [4.69, 9.17) is 19.2 Å². The summed E-state index contributed by atoms with van der Waals surface area (Å²) >= 11 is -2.54. The molecule has 168 valence electrons. The van der Waals surface area contributed by atoms with Crippen molar-refractivity contribution in [2.24, 2.45) is 0 Å². The second kappa shape index (κ2) is 16.3. The van der Waals surface area contributed by atoms with Crippen molar-refractivity contribution < 1.29 is 19.2 Å². The average Bonchev–Trinajstić information content (AvgIpc) is 3.13. The van der Waals surface area contributed by atoms with Crippen LogP contribution in [0.2, 0.25) is 17.2 Å². The molecule has 0 spiro atoms. The van der Waals surface area contributed by atoms with Gasteiger partial charge in [0.25, 0.3) is 0 Å². The Balaban J connectivity index is 3.05. The maximum absolute atomic E-state index is 6.05. The van der Waals surface area contributed by atoms with Crippen molar-refractivity contribution in [2.45, 2.75) is 128 Å². The average molecular weight is 507 g/mol. The molecular formula is C23H48O4Sn. The van der Waals surface area contributed by atoms with Gasteiger partial charge < -0.3 is 0 Å². The van der Waals surface area contributed by atoms with Crippen LogP contribution in [-0.4, -0.2) is 44.7 Å². The number of hydrogen-bond donors (Lipinski definition) is 0. The Morgan fingerprint density at radius 3 is 1.79 bits per heavy atom. The fraction of sp³-hybridized carbons (Fsp3) is 1.00. The van der Waals surface area contributed by atoms with Gasteiger partial charge in [-0.05, 0) is 0 Å². The Labute approximate surface area is 179 Å². The predicted molar refractivity (Wildman–Crippen MR) is 120 cm³/mol. The third-order valence-electron chi connectivity index (χ3n) is 6.45. The summed E-state index contributed by atoms with van der Waals surface area (Å²) in [6.45, 7) is 9.57. The first kappa shape index (κ1) is 26.7. The van der Waals surface area contributed by atoms with Crippen LogP contribution < -0.4 is 0 Å². The molecule has 4 nitrogen and oxygen atoms in total. The molecule has 0 aromatic carbocycles. The summed E-state index contributed by atoms with van der Waals surface area (Å²) in [5.74, 6) is 0. The van der Waals surface area contributed by atoms with Crippen molar-refractivity contribution in [3.63, 3.8) is 0 Å². The molecule has 1 rings (SSSR count). The summed E-state index contributed by atoms with van der Waals surface area (Å²) in [6.07, 6.45) is 14.2. The molecular weight excluding hydrogens is 459 g/mol. The van der Waals surface area contributed by atoms with E-state index in [0.29, 0.717) is 10.7 Å². The quantitative estimate of drug-likeness (QED) is 0.0836. The fourth-order valence-corrected chi connectivity index (χ4v) is 23.8. The van der Waals surface area contributed by atoms with Gasteiger partial charge in [-0.3, -0.25) is 0 Å². The molecule has 1 saturated heterocycles. The van der Waals surface area contributed by atoms with Crippen LogP contribution in [0, 0.1) is 0 Å². The molecule has 1 aliphatic rings. The van der Waals surface area contributed by atoms with Crippen molar-refractivity contribution >= 4 is 18.4 Å². The second-order valence-corrected chi connectivity index (χ2v) is 22.7. The Bertz CT molecular complexity index is 345. The second-order valence-electron chi connectivity index (χ2n) is 8.72. The van der Waals surface area contributed by atoms with Crippen molar-refractivity contribution in [1.29, 1.82) is 0 Å². The summed E-state index contributed by atoms with van der Waals surface area (Å²) in [4.78, 5) is 11.8. The molecule has 0 bridgehead atoms. The molecule has 0 aromatic rings. The van der Waals surface area contributed by atoms with E-state index in [9.17, 15) is 0 Å². The van der Waals surface area contributed by atoms with E-state index < -0.39 is 18.4 Å². The van der Waals surface area contributed by atoms with E-state index in [2.05, 4.69) is 27.7 Å². The maximum atomic E-state index is 6.05. The summed E-state index contributed by atoms with van der Waals surface area (Å²) in [5.41, 5.74) is 0. The van der Waals surface area contributed by atoms with Crippen molar-refractivity contribution in [3.8, 4) is 0 Å². The van der Waals surface area contributed by atoms with Gasteiger partial charge in [-0.25, -0.2) is 0 Å². The molecule has 0 saturated carbocycles. The monoisotopic (exact) mass is 508 g/mol. The molecule has 0 radical (unpaired) electrons. The molecule has 1 heterocycles. The summed E-state index contributed by atoms with van der Waals surface area (Å²) in [5, 5.41) is 0. The molecule has 1 fully saturated rings. The van der Waals surface area contributed by atoms with E-state index >= 15 is 0 Å². The molecule has 0 amide bonds. The first-order valence-corrected chi connectivity index (χ1v) is 19.8. The standard InChI is InChI=1S/C11H21O4.3C4H9.Sn/c1-3-4-5-6-7-10-8-11(15-14-10)13-9-12-2;3*1-3-4-2;/h8,10-11H,3-7,9H2,1-2H3;3*1,3-4H2,2H3;/t10-,11-;;;;/m1..../s1. The molecule has 5 heteroatoms. The van der Waals surface area contributed by atoms with Gasteiger partial charge in [0.1, 0.15) is 0 Å². The van der Waals surface area contributed by atoms with Crippen LogP contribution in [0.15, 0.2) is 0 Å². The zero-order valence-electron chi connectivity index (χ0n) is 19.5. The Morgan fingerprint density at radius 1 is 0.714 bits per heavy atom. The Hall–Kier alpha value is 0.639.